The SMILES string of the molecule is C=CC(=O)NCC(CC)S(=O)O. The molecule has 0 aliphatic rings. The standard InChI is InChI=1S/C7H13NO3S/c1-3-6(12(10)11)5-8-7(9)4-2/h4,6H,2-3,5H2,1H3,(H,8,9)(H,10,11). The van der Waals surface area contributed by atoms with Gasteiger partial charge in [0.15, 0.2) is 11.1 Å². The molecule has 5 heteroatoms. The van der Waals surface area contributed by atoms with E-state index in [1.165, 1.54) is 0 Å². The van der Waals surface area contributed by atoms with Crippen molar-refractivity contribution in [1.29, 1.82) is 0 Å². The van der Waals surface area contributed by atoms with Crippen molar-refractivity contribution < 1.29 is 13.6 Å². The van der Waals surface area contributed by atoms with Crippen LogP contribution in [-0.4, -0.2) is 26.5 Å². The van der Waals surface area contributed by atoms with E-state index >= 15 is 0 Å². The predicted molar refractivity (Wildman–Crippen MR) is 48.1 cm³/mol. The Balaban J connectivity index is 3.80. The average molecular weight is 191 g/mol. The zero-order chi connectivity index (χ0) is 9.56. The number of hydrogen-bond donors (Lipinski definition) is 2. The summed E-state index contributed by atoms with van der Waals surface area (Å²) >= 11 is -1.87. The Morgan fingerprint density at radius 3 is 2.75 bits per heavy atom. The molecule has 0 fully saturated rings. The first kappa shape index (κ1) is 11.3. The summed E-state index contributed by atoms with van der Waals surface area (Å²) < 4.78 is 19.3. The van der Waals surface area contributed by atoms with Crippen molar-refractivity contribution in [3.05, 3.63) is 12.7 Å². The molecular formula is C7H13NO3S. The molecule has 0 aromatic carbocycles. The fourth-order valence-corrected chi connectivity index (χ4v) is 1.16. The lowest BCUT2D eigenvalue weighted by Gasteiger charge is -2.09. The van der Waals surface area contributed by atoms with Crippen LogP contribution in [0.5, 0.6) is 0 Å². The Kier molecular flexibility index (Phi) is 5.57. The van der Waals surface area contributed by atoms with Crippen LogP contribution in [-0.2, 0) is 15.9 Å². The zero-order valence-electron chi connectivity index (χ0n) is 6.95. The Labute approximate surface area is 74.3 Å². The molecular weight excluding hydrogens is 178 g/mol. The van der Waals surface area contributed by atoms with Crippen molar-refractivity contribution in [3.63, 3.8) is 0 Å². The molecule has 0 rings (SSSR count). The quantitative estimate of drug-likeness (QED) is 0.485. The fourth-order valence-electron chi connectivity index (χ4n) is 0.645. The summed E-state index contributed by atoms with van der Waals surface area (Å²) in [6, 6.07) is 0. The molecule has 0 heterocycles. The number of nitrogens with one attached hydrogen (secondary N) is 1. The van der Waals surface area contributed by atoms with Gasteiger partial charge in [-0.05, 0) is 12.5 Å². The van der Waals surface area contributed by atoms with Gasteiger partial charge in [0.05, 0.1) is 5.25 Å². The summed E-state index contributed by atoms with van der Waals surface area (Å²) in [6.07, 6.45) is 1.69. The molecule has 2 atom stereocenters. The molecule has 70 valence electrons. The van der Waals surface area contributed by atoms with Crippen LogP contribution < -0.4 is 5.32 Å². The monoisotopic (exact) mass is 191 g/mol. The molecule has 0 aromatic rings. The molecule has 0 spiro atoms. The summed E-state index contributed by atoms with van der Waals surface area (Å²) in [5, 5.41) is 2.06. The van der Waals surface area contributed by atoms with Crippen LogP contribution in [0, 0.1) is 0 Å². The largest absolute Gasteiger partial charge is 0.351 e. The van der Waals surface area contributed by atoms with Crippen LogP contribution in [0.25, 0.3) is 0 Å². The molecule has 0 aliphatic heterocycles. The van der Waals surface area contributed by atoms with E-state index in [2.05, 4.69) is 11.9 Å². The number of rotatable bonds is 5. The molecule has 0 saturated carbocycles. The van der Waals surface area contributed by atoms with Gasteiger partial charge in [0.1, 0.15) is 0 Å². The Morgan fingerprint density at radius 1 is 1.83 bits per heavy atom. The van der Waals surface area contributed by atoms with Gasteiger partial charge in [-0.25, -0.2) is 4.21 Å². The minimum Gasteiger partial charge on any atom is -0.351 e. The van der Waals surface area contributed by atoms with E-state index < -0.39 is 16.3 Å². The number of amides is 1. The topological polar surface area (TPSA) is 66.4 Å². The molecule has 2 unspecified atom stereocenters. The first-order valence-corrected chi connectivity index (χ1v) is 4.78. The van der Waals surface area contributed by atoms with Gasteiger partial charge in [0, 0.05) is 6.54 Å². The maximum Gasteiger partial charge on any atom is 0.243 e. The van der Waals surface area contributed by atoms with E-state index in [-0.39, 0.29) is 12.5 Å². The highest BCUT2D eigenvalue weighted by molar-refractivity contribution is 7.79. The Hall–Kier alpha value is -0.680. The lowest BCUT2D eigenvalue weighted by atomic mass is 10.3. The van der Waals surface area contributed by atoms with Gasteiger partial charge in [-0.1, -0.05) is 13.5 Å². The van der Waals surface area contributed by atoms with E-state index in [1.54, 1.807) is 6.92 Å². The van der Waals surface area contributed by atoms with Gasteiger partial charge in [-0.3, -0.25) is 4.79 Å². The molecule has 0 aromatic heterocycles. The minimum absolute atomic E-state index is 0.213. The van der Waals surface area contributed by atoms with Crippen molar-refractivity contribution in [1.82, 2.24) is 5.32 Å². The third-order valence-electron chi connectivity index (χ3n) is 1.43. The first-order valence-electron chi connectivity index (χ1n) is 3.61. The lowest BCUT2D eigenvalue weighted by Crippen LogP contribution is -2.32. The van der Waals surface area contributed by atoms with E-state index in [0.717, 1.165) is 6.08 Å². The maximum atomic E-state index is 10.6. The van der Waals surface area contributed by atoms with E-state index in [9.17, 15) is 9.00 Å². The van der Waals surface area contributed by atoms with Crippen molar-refractivity contribution in [2.75, 3.05) is 6.54 Å². The van der Waals surface area contributed by atoms with Gasteiger partial charge < -0.3 is 9.87 Å². The lowest BCUT2D eigenvalue weighted by molar-refractivity contribution is -0.116. The van der Waals surface area contributed by atoms with E-state index in [4.69, 9.17) is 4.55 Å². The number of carbonyl (C=O) groups excluding carboxylic acids is 1. The fraction of sp³-hybridized carbons (Fsp3) is 0.571. The molecule has 12 heavy (non-hydrogen) atoms. The molecule has 0 bridgehead atoms. The average Bonchev–Trinajstić information content (AvgIpc) is 2.04. The molecule has 2 N–H and O–H groups in total. The van der Waals surface area contributed by atoms with Crippen molar-refractivity contribution in [2.24, 2.45) is 0 Å². The van der Waals surface area contributed by atoms with Crippen molar-refractivity contribution >= 4 is 17.0 Å². The smallest absolute Gasteiger partial charge is 0.243 e. The molecule has 0 radical (unpaired) electrons. The van der Waals surface area contributed by atoms with Gasteiger partial charge in [-0.15, -0.1) is 0 Å². The summed E-state index contributed by atoms with van der Waals surface area (Å²) in [5.74, 6) is -0.320. The zero-order valence-corrected chi connectivity index (χ0v) is 7.76. The normalized spacial score (nSPS) is 14.8. The second-order valence-electron chi connectivity index (χ2n) is 2.26. The van der Waals surface area contributed by atoms with Crippen LogP contribution in [0.1, 0.15) is 13.3 Å². The third kappa shape index (κ3) is 4.25. The van der Waals surface area contributed by atoms with Crippen LogP contribution in [0.3, 0.4) is 0 Å². The van der Waals surface area contributed by atoms with Crippen LogP contribution in [0.2, 0.25) is 0 Å². The molecule has 0 saturated heterocycles. The third-order valence-corrected chi connectivity index (χ3v) is 2.50. The highest BCUT2D eigenvalue weighted by atomic mass is 32.2. The van der Waals surface area contributed by atoms with Gasteiger partial charge in [0.25, 0.3) is 0 Å². The second-order valence-corrected chi connectivity index (χ2v) is 3.47. The van der Waals surface area contributed by atoms with Crippen molar-refractivity contribution in [3.8, 4) is 0 Å². The van der Waals surface area contributed by atoms with E-state index in [0.29, 0.717) is 6.42 Å². The van der Waals surface area contributed by atoms with Gasteiger partial charge in [0.2, 0.25) is 5.91 Å². The van der Waals surface area contributed by atoms with Crippen LogP contribution >= 0.6 is 0 Å². The Bertz CT molecular complexity index is 193. The molecule has 1 amide bonds. The maximum absolute atomic E-state index is 10.6. The summed E-state index contributed by atoms with van der Waals surface area (Å²) in [6.45, 7) is 5.26. The predicted octanol–water partition coefficient (Wildman–Crippen LogP) is 0.289. The Morgan fingerprint density at radius 2 is 2.42 bits per heavy atom. The minimum atomic E-state index is -1.87. The van der Waals surface area contributed by atoms with Crippen LogP contribution in [0.15, 0.2) is 12.7 Å². The number of carbonyl (C=O) groups is 1. The molecule has 0 aliphatic carbocycles. The second kappa shape index (κ2) is 5.91. The summed E-state index contributed by atoms with van der Waals surface area (Å²) in [5.41, 5.74) is 0. The molecule has 4 nitrogen and oxygen atoms in total. The van der Waals surface area contributed by atoms with Crippen LogP contribution in [0.4, 0.5) is 0 Å². The first-order chi connectivity index (χ1) is 5.61. The number of hydrogen-bond acceptors (Lipinski definition) is 2. The van der Waals surface area contributed by atoms with Gasteiger partial charge >= 0.3 is 0 Å². The van der Waals surface area contributed by atoms with E-state index in [1.807, 2.05) is 0 Å². The van der Waals surface area contributed by atoms with Crippen molar-refractivity contribution in [2.45, 2.75) is 18.6 Å². The highest BCUT2D eigenvalue weighted by Gasteiger charge is 2.12. The summed E-state index contributed by atoms with van der Waals surface area (Å²) in [7, 11) is 0. The van der Waals surface area contributed by atoms with Gasteiger partial charge in [-0.2, -0.15) is 0 Å². The highest BCUT2D eigenvalue weighted by Crippen LogP contribution is 1.97. The summed E-state index contributed by atoms with van der Waals surface area (Å²) in [4.78, 5) is 10.6.